The van der Waals surface area contributed by atoms with E-state index in [9.17, 15) is 15.2 Å². The van der Waals surface area contributed by atoms with Crippen LogP contribution in [0, 0.1) is 22.5 Å². The molecule has 4 N–H and O–H groups in total. The molecule has 1 heterocycles. The molecule has 0 fully saturated rings. The number of aryl methyl sites for hydroxylation is 1. The second kappa shape index (κ2) is 6.00. The minimum Gasteiger partial charge on any atom is -0.391 e. The largest absolute Gasteiger partial charge is 0.391 e. The van der Waals surface area contributed by atoms with E-state index in [0.29, 0.717) is 6.42 Å². The predicted octanol–water partition coefficient (Wildman–Crippen LogP) is 1.48. The predicted molar refractivity (Wildman–Crippen MR) is 76.4 cm³/mol. The Morgan fingerprint density at radius 2 is 2.05 bits per heavy atom. The Kier molecular flexibility index (Phi) is 4.83. The maximum Gasteiger partial charge on any atom is 0.332 e. The van der Waals surface area contributed by atoms with Gasteiger partial charge in [0.1, 0.15) is 5.69 Å². The molecule has 1 atom stereocenters. The lowest BCUT2D eigenvalue weighted by atomic mass is 9.89. The first-order valence-electron chi connectivity index (χ1n) is 6.30. The molecule has 0 bridgehead atoms. The van der Waals surface area contributed by atoms with Gasteiger partial charge in [-0.3, -0.25) is 10.1 Å². The van der Waals surface area contributed by atoms with Crippen LogP contribution in [0.15, 0.2) is 0 Å². The van der Waals surface area contributed by atoms with Gasteiger partial charge in [-0.15, -0.1) is 0 Å². The van der Waals surface area contributed by atoms with Crippen molar-refractivity contribution in [2.75, 3.05) is 17.6 Å². The Balaban J connectivity index is 2.85. The zero-order chi connectivity index (χ0) is 15.5. The van der Waals surface area contributed by atoms with E-state index in [-0.39, 0.29) is 35.1 Å². The maximum absolute atomic E-state index is 11.0. The van der Waals surface area contributed by atoms with Crippen LogP contribution < -0.4 is 11.1 Å². The fourth-order valence-corrected chi connectivity index (χ4v) is 1.92. The van der Waals surface area contributed by atoms with E-state index in [1.165, 1.54) is 6.92 Å². The van der Waals surface area contributed by atoms with Gasteiger partial charge in [0, 0.05) is 6.54 Å². The summed E-state index contributed by atoms with van der Waals surface area (Å²) in [5.74, 6) is -0.00568. The number of hydrogen-bond donors (Lipinski definition) is 3. The smallest absolute Gasteiger partial charge is 0.332 e. The van der Waals surface area contributed by atoms with Gasteiger partial charge >= 0.3 is 5.69 Å². The molecule has 8 heteroatoms. The van der Waals surface area contributed by atoms with Crippen molar-refractivity contribution in [2.45, 2.75) is 40.2 Å². The molecule has 1 aromatic heterocycles. The summed E-state index contributed by atoms with van der Waals surface area (Å²) in [6.45, 7) is 7.67. The Bertz CT molecular complexity index is 499. The quantitative estimate of drug-likeness (QED) is 0.551. The van der Waals surface area contributed by atoms with Gasteiger partial charge < -0.3 is 16.2 Å². The highest BCUT2D eigenvalue weighted by molar-refractivity contribution is 5.60. The van der Waals surface area contributed by atoms with Crippen molar-refractivity contribution >= 4 is 17.5 Å². The Morgan fingerprint density at radius 3 is 2.55 bits per heavy atom. The third-order valence-corrected chi connectivity index (χ3v) is 2.61. The third-order valence-electron chi connectivity index (χ3n) is 2.61. The van der Waals surface area contributed by atoms with Gasteiger partial charge in [-0.25, -0.2) is 4.98 Å². The monoisotopic (exact) mass is 283 g/mol. The lowest BCUT2D eigenvalue weighted by molar-refractivity contribution is -0.385. The second-order valence-electron chi connectivity index (χ2n) is 5.92. The normalized spacial score (nSPS) is 13.1. The van der Waals surface area contributed by atoms with Gasteiger partial charge in [-0.05, 0) is 18.8 Å². The topological polar surface area (TPSA) is 127 Å². The highest BCUT2D eigenvalue weighted by atomic mass is 16.6. The molecule has 0 saturated carbocycles. The van der Waals surface area contributed by atoms with Crippen LogP contribution >= 0.6 is 0 Å². The van der Waals surface area contributed by atoms with Crippen LogP contribution in [-0.2, 0) is 0 Å². The van der Waals surface area contributed by atoms with Crippen molar-refractivity contribution in [1.29, 1.82) is 0 Å². The van der Waals surface area contributed by atoms with Crippen LogP contribution in [-0.4, -0.2) is 32.6 Å². The molecule has 0 aliphatic carbocycles. The van der Waals surface area contributed by atoms with Crippen LogP contribution in [0.25, 0.3) is 0 Å². The minimum atomic E-state index is -0.633. The van der Waals surface area contributed by atoms with E-state index in [2.05, 4.69) is 15.3 Å². The summed E-state index contributed by atoms with van der Waals surface area (Å²) in [4.78, 5) is 18.0. The van der Waals surface area contributed by atoms with Gasteiger partial charge in [0.05, 0.1) is 11.0 Å². The number of nitrogens with two attached hydrogens (primary N) is 1. The lowest BCUT2D eigenvalue weighted by Crippen LogP contribution is -2.26. The summed E-state index contributed by atoms with van der Waals surface area (Å²) in [6.07, 6.45) is -0.0704. The van der Waals surface area contributed by atoms with Crippen LogP contribution in [0.5, 0.6) is 0 Å². The fraction of sp³-hybridized carbons (Fsp3) is 0.667. The molecule has 0 amide bonds. The van der Waals surface area contributed by atoms with Crippen molar-refractivity contribution in [3.63, 3.8) is 0 Å². The molecule has 0 radical (unpaired) electrons. The average Bonchev–Trinajstić information content (AvgIpc) is 2.22. The number of anilines is 2. The molecule has 0 aliphatic rings. The first-order chi connectivity index (χ1) is 9.10. The summed E-state index contributed by atoms with van der Waals surface area (Å²) in [5, 5.41) is 23.7. The number of nitrogens with zero attached hydrogens (tertiary/aromatic N) is 3. The Hall–Kier alpha value is -1.96. The van der Waals surface area contributed by atoms with Gasteiger partial charge in [-0.1, -0.05) is 20.8 Å². The van der Waals surface area contributed by atoms with Crippen molar-refractivity contribution < 1.29 is 10.0 Å². The Labute approximate surface area is 117 Å². The van der Waals surface area contributed by atoms with Crippen molar-refractivity contribution in [3.05, 3.63) is 15.8 Å². The van der Waals surface area contributed by atoms with E-state index in [0.717, 1.165) is 0 Å². The summed E-state index contributed by atoms with van der Waals surface area (Å²) < 4.78 is 0. The van der Waals surface area contributed by atoms with E-state index in [1.807, 2.05) is 20.8 Å². The standard InChI is InChI=1S/C12H21N5O3/c1-7-9(17(19)20)10(16-11(13)15-7)14-6-8(18)5-12(2,3)4/h8,18H,5-6H2,1-4H3,(H3,13,14,15,16). The van der Waals surface area contributed by atoms with Crippen LogP contribution in [0.4, 0.5) is 17.5 Å². The highest BCUT2D eigenvalue weighted by Gasteiger charge is 2.23. The summed E-state index contributed by atoms with van der Waals surface area (Å²) in [5.41, 5.74) is 5.43. The zero-order valence-corrected chi connectivity index (χ0v) is 12.2. The van der Waals surface area contributed by atoms with Gasteiger partial charge in [0.25, 0.3) is 0 Å². The first-order valence-corrected chi connectivity index (χ1v) is 6.30. The molecule has 1 rings (SSSR count). The number of aliphatic hydroxyl groups excluding tert-OH is 1. The number of nitrogen functional groups attached to an aromatic ring is 1. The number of rotatable bonds is 5. The number of aliphatic hydroxyl groups is 1. The van der Waals surface area contributed by atoms with E-state index >= 15 is 0 Å². The van der Waals surface area contributed by atoms with E-state index in [4.69, 9.17) is 5.73 Å². The highest BCUT2D eigenvalue weighted by Crippen LogP contribution is 2.26. The molecule has 1 aromatic rings. The van der Waals surface area contributed by atoms with Crippen LogP contribution in [0.1, 0.15) is 32.9 Å². The van der Waals surface area contributed by atoms with Gasteiger partial charge in [0.2, 0.25) is 11.8 Å². The summed E-state index contributed by atoms with van der Waals surface area (Å²) in [7, 11) is 0. The van der Waals surface area contributed by atoms with Crippen molar-refractivity contribution in [1.82, 2.24) is 9.97 Å². The molecular formula is C12H21N5O3. The average molecular weight is 283 g/mol. The van der Waals surface area contributed by atoms with E-state index < -0.39 is 11.0 Å². The minimum absolute atomic E-state index is 0.0341. The number of aromatic nitrogens is 2. The summed E-state index contributed by atoms with van der Waals surface area (Å²) in [6, 6.07) is 0. The molecular weight excluding hydrogens is 262 g/mol. The molecule has 0 saturated heterocycles. The van der Waals surface area contributed by atoms with Crippen molar-refractivity contribution in [3.8, 4) is 0 Å². The maximum atomic E-state index is 11.0. The molecule has 0 spiro atoms. The molecule has 20 heavy (non-hydrogen) atoms. The van der Waals surface area contributed by atoms with Crippen LogP contribution in [0.3, 0.4) is 0 Å². The third kappa shape index (κ3) is 4.61. The Morgan fingerprint density at radius 1 is 1.45 bits per heavy atom. The van der Waals surface area contributed by atoms with Gasteiger partial charge in [-0.2, -0.15) is 4.98 Å². The SMILES string of the molecule is Cc1nc(N)nc(NCC(O)CC(C)(C)C)c1[N+](=O)[O-]. The number of hydrogen-bond acceptors (Lipinski definition) is 7. The summed E-state index contributed by atoms with van der Waals surface area (Å²) >= 11 is 0. The second-order valence-corrected chi connectivity index (χ2v) is 5.92. The zero-order valence-electron chi connectivity index (χ0n) is 12.2. The molecule has 1 unspecified atom stereocenters. The van der Waals surface area contributed by atoms with E-state index in [1.54, 1.807) is 0 Å². The first kappa shape index (κ1) is 16.1. The van der Waals surface area contributed by atoms with Crippen molar-refractivity contribution in [2.24, 2.45) is 5.41 Å². The fourth-order valence-electron chi connectivity index (χ4n) is 1.92. The van der Waals surface area contributed by atoms with Crippen LogP contribution in [0.2, 0.25) is 0 Å². The molecule has 0 aliphatic heterocycles. The van der Waals surface area contributed by atoms with Gasteiger partial charge in [0.15, 0.2) is 0 Å². The number of nitrogens with one attached hydrogen (secondary N) is 1. The molecule has 112 valence electrons. The molecule has 0 aromatic carbocycles. The molecule has 8 nitrogen and oxygen atoms in total. The lowest BCUT2D eigenvalue weighted by Gasteiger charge is -2.22. The number of nitro groups is 1.